The molecule has 1 heterocycles. The Morgan fingerprint density at radius 3 is 2.57 bits per heavy atom. The van der Waals surface area contributed by atoms with E-state index in [9.17, 15) is 4.79 Å². The van der Waals surface area contributed by atoms with Gasteiger partial charge in [0, 0.05) is 25.5 Å². The van der Waals surface area contributed by atoms with Crippen LogP contribution in [0.5, 0.6) is 11.5 Å². The molecule has 0 aliphatic rings. The van der Waals surface area contributed by atoms with E-state index in [0.717, 1.165) is 24.1 Å². The molecule has 3 aromatic rings. The Bertz CT molecular complexity index is 913. The van der Waals surface area contributed by atoms with Gasteiger partial charge in [0.15, 0.2) is 11.5 Å². The summed E-state index contributed by atoms with van der Waals surface area (Å²) in [7, 11) is 3.23. The van der Waals surface area contributed by atoms with E-state index in [1.807, 2.05) is 65.5 Å². The molecule has 2 N–H and O–H groups in total. The van der Waals surface area contributed by atoms with Crippen molar-refractivity contribution in [3.05, 3.63) is 78.1 Å². The zero-order valence-corrected chi connectivity index (χ0v) is 17.4. The molecule has 30 heavy (non-hydrogen) atoms. The van der Waals surface area contributed by atoms with Gasteiger partial charge in [0.1, 0.15) is 0 Å². The van der Waals surface area contributed by atoms with Crippen molar-refractivity contribution < 1.29 is 14.3 Å². The first-order valence-electron chi connectivity index (χ1n) is 9.97. The summed E-state index contributed by atoms with van der Waals surface area (Å²) in [6, 6.07) is 17.3. The van der Waals surface area contributed by atoms with Gasteiger partial charge >= 0.3 is 6.03 Å². The van der Waals surface area contributed by atoms with Crippen molar-refractivity contribution in [3.63, 3.8) is 0 Å². The third-order valence-corrected chi connectivity index (χ3v) is 4.80. The zero-order valence-electron chi connectivity index (χ0n) is 17.4. The molecular formula is C23H28N4O3. The predicted octanol–water partition coefficient (Wildman–Crippen LogP) is 3.57. The van der Waals surface area contributed by atoms with Crippen LogP contribution < -0.4 is 20.1 Å². The van der Waals surface area contributed by atoms with Crippen molar-refractivity contribution in [2.75, 3.05) is 20.8 Å². The monoisotopic (exact) mass is 408 g/mol. The van der Waals surface area contributed by atoms with Crippen LogP contribution in [0, 0.1) is 0 Å². The molecule has 0 aliphatic carbocycles. The van der Waals surface area contributed by atoms with Crippen LogP contribution in [0.4, 0.5) is 4.79 Å². The molecule has 0 spiro atoms. The summed E-state index contributed by atoms with van der Waals surface area (Å²) >= 11 is 0. The topological polar surface area (TPSA) is 77.4 Å². The highest BCUT2D eigenvalue weighted by molar-refractivity contribution is 5.74. The lowest BCUT2D eigenvalue weighted by molar-refractivity contribution is 0.236. The van der Waals surface area contributed by atoms with Gasteiger partial charge in [0.25, 0.3) is 0 Å². The Morgan fingerprint density at radius 1 is 1.07 bits per heavy atom. The fraction of sp³-hybridized carbons (Fsp3) is 0.304. The Hall–Kier alpha value is -3.48. The first-order chi connectivity index (χ1) is 14.7. The molecule has 1 atom stereocenters. The smallest absolute Gasteiger partial charge is 0.315 e. The van der Waals surface area contributed by atoms with Crippen molar-refractivity contribution in [1.82, 2.24) is 20.4 Å². The maximum atomic E-state index is 12.5. The lowest BCUT2D eigenvalue weighted by Crippen LogP contribution is -2.39. The van der Waals surface area contributed by atoms with E-state index in [1.165, 1.54) is 0 Å². The van der Waals surface area contributed by atoms with Crippen LogP contribution in [0.25, 0.3) is 0 Å². The number of hydrogen-bond acceptors (Lipinski definition) is 4. The van der Waals surface area contributed by atoms with E-state index < -0.39 is 0 Å². The summed E-state index contributed by atoms with van der Waals surface area (Å²) in [6.45, 7) is 1.34. The van der Waals surface area contributed by atoms with E-state index in [2.05, 4.69) is 15.7 Å². The number of aryl methyl sites for hydroxylation is 1. The highest BCUT2D eigenvalue weighted by Crippen LogP contribution is 2.29. The first kappa shape index (κ1) is 21.2. The van der Waals surface area contributed by atoms with Gasteiger partial charge in [-0.25, -0.2) is 4.79 Å². The molecule has 2 aromatic carbocycles. The number of carbonyl (C=O) groups is 1. The van der Waals surface area contributed by atoms with Crippen molar-refractivity contribution in [1.29, 1.82) is 0 Å². The van der Waals surface area contributed by atoms with Crippen LogP contribution in [0.1, 0.15) is 23.6 Å². The molecule has 0 saturated heterocycles. The van der Waals surface area contributed by atoms with Gasteiger partial charge in [0.2, 0.25) is 0 Å². The normalized spacial score (nSPS) is 11.5. The standard InChI is InChI=1S/C23H28N4O3/c1-29-21-11-10-18(17-22(21)30-2)16-20(19-8-4-3-5-9-19)26-23(28)24-12-6-14-27-15-7-13-25-27/h3-5,7-11,13,15,17,20H,6,12,14,16H2,1-2H3,(H2,24,26,28). The summed E-state index contributed by atoms with van der Waals surface area (Å²) in [5.41, 5.74) is 2.08. The maximum absolute atomic E-state index is 12.5. The van der Waals surface area contributed by atoms with Crippen molar-refractivity contribution in [3.8, 4) is 11.5 Å². The van der Waals surface area contributed by atoms with Gasteiger partial charge in [-0.15, -0.1) is 0 Å². The SMILES string of the molecule is COc1ccc(CC(NC(=O)NCCCn2cccn2)c2ccccc2)cc1OC. The predicted molar refractivity (Wildman–Crippen MR) is 116 cm³/mol. The summed E-state index contributed by atoms with van der Waals surface area (Å²) in [4.78, 5) is 12.5. The Labute approximate surface area is 177 Å². The number of carbonyl (C=O) groups excluding carboxylic acids is 1. The van der Waals surface area contributed by atoms with Crippen LogP contribution >= 0.6 is 0 Å². The van der Waals surface area contributed by atoms with E-state index in [-0.39, 0.29) is 12.1 Å². The molecule has 1 aromatic heterocycles. The molecule has 0 fully saturated rings. The molecule has 0 radical (unpaired) electrons. The van der Waals surface area contributed by atoms with E-state index in [1.54, 1.807) is 20.4 Å². The van der Waals surface area contributed by atoms with Gasteiger partial charge in [-0.1, -0.05) is 36.4 Å². The number of ether oxygens (including phenoxy) is 2. The largest absolute Gasteiger partial charge is 0.493 e. The lowest BCUT2D eigenvalue weighted by Gasteiger charge is -2.20. The highest BCUT2D eigenvalue weighted by Gasteiger charge is 2.16. The average molecular weight is 409 g/mol. The van der Waals surface area contributed by atoms with Crippen LogP contribution in [0.2, 0.25) is 0 Å². The Balaban J connectivity index is 1.62. The molecule has 7 nitrogen and oxygen atoms in total. The number of nitrogens with one attached hydrogen (secondary N) is 2. The van der Waals surface area contributed by atoms with Gasteiger partial charge in [-0.05, 0) is 42.2 Å². The number of methoxy groups -OCH3 is 2. The van der Waals surface area contributed by atoms with Crippen molar-refractivity contribution in [2.45, 2.75) is 25.4 Å². The molecule has 2 amide bonds. The fourth-order valence-corrected chi connectivity index (χ4v) is 3.27. The molecule has 1 unspecified atom stereocenters. The number of amides is 2. The second-order valence-electron chi connectivity index (χ2n) is 6.88. The Morgan fingerprint density at radius 2 is 1.87 bits per heavy atom. The van der Waals surface area contributed by atoms with Crippen LogP contribution in [-0.4, -0.2) is 36.6 Å². The van der Waals surface area contributed by atoms with Gasteiger partial charge in [-0.2, -0.15) is 5.10 Å². The molecular weight excluding hydrogens is 380 g/mol. The molecule has 0 bridgehead atoms. The number of benzene rings is 2. The minimum atomic E-state index is -0.190. The number of nitrogens with zero attached hydrogens (tertiary/aromatic N) is 2. The molecule has 0 aliphatic heterocycles. The number of aromatic nitrogens is 2. The van der Waals surface area contributed by atoms with Gasteiger partial charge < -0.3 is 20.1 Å². The molecule has 0 saturated carbocycles. The summed E-state index contributed by atoms with van der Waals surface area (Å²) < 4.78 is 12.6. The average Bonchev–Trinajstić information content (AvgIpc) is 3.30. The Kier molecular flexibility index (Phi) is 7.71. The fourth-order valence-electron chi connectivity index (χ4n) is 3.27. The highest BCUT2D eigenvalue weighted by atomic mass is 16.5. The minimum Gasteiger partial charge on any atom is -0.493 e. The summed E-state index contributed by atoms with van der Waals surface area (Å²) in [6.07, 6.45) is 5.10. The van der Waals surface area contributed by atoms with E-state index in [0.29, 0.717) is 24.5 Å². The summed E-state index contributed by atoms with van der Waals surface area (Å²) in [5, 5.41) is 10.2. The van der Waals surface area contributed by atoms with Crippen molar-refractivity contribution >= 4 is 6.03 Å². The van der Waals surface area contributed by atoms with E-state index >= 15 is 0 Å². The van der Waals surface area contributed by atoms with Crippen molar-refractivity contribution in [2.24, 2.45) is 0 Å². The van der Waals surface area contributed by atoms with Crippen LogP contribution in [0.3, 0.4) is 0 Å². The molecule has 158 valence electrons. The second-order valence-corrected chi connectivity index (χ2v) is 6.88. The first-order valence-corrected chi connectivity index (χ1v) is 9.97. The number of hydrogen-bond donors (Lipinski definition) is 2. The second kappa shape index (κ2) is 10.9. The molecule has 7 heteroatoms. The summed E-state index contributed by atoms with van der Waals surface area (Å²) in [5.74, 6) is 1.35. The third kappa shape index (κ3) is 6.01. The maximum Gasteiger partial charge on any atom is 0.315 e. The third-order valence-electron chi connectivity index (χ3n) is 4.80. The van der Waals surface area contributed by atoms with Gasteiger partial charge in [-0.3, -0.25) is 4.68 Å². The lowest BCUT2D eigenvalue weighted by atomic mass is 9.98. The quantitative estimate of drug-likeness (QED) is 0.503. The number of urea groups is 1. The number of rotatable bonds is 10. The minimum absolute atomic E-state index is 0.171. The van der Waals surface area contributed by atoms with E-state index in [4.69, 9.17) is 9.47 Å². The van der Waals surface area contributed by atoms with Crippen LogP contribution in [0.15, 0.2) is 67.0 Å². The zero-order chi connectivity index (χ0) is 21.2. The van der Waals surface area contributed by atoms with Gasteiger partial charge in [0.05, 0.1) is 20.3 Å². The van der Waals surface area contributed by atoms with Crippen LogP contribution in [-0.2, 0) is 13.0 Å². The molecule has 3 rings (SSSR count).